The number of carbonyl (C=O) groups excluding carboxylic acids is 1. The van der Waals surface area contributed by atoms with Crippen LogP contribution in [0.15, 0.2) is 77.9 Å². The highest BCUT2D eigenvalue weighted by molar-refractivity contribution is 5.99. The zero-order valence-electron chi connectivity index (χ0n) is 17.6. The molecule has 3 heterocycles. The molecule has 1 atom stereocenters. The van der Waals surface area contributed by atoms with Crippen LogP contribution in [-0.2, 0) is 11.3 Å². The van der Waals surface area contributed by atoms with Gasteiger partial charge in [0.05, 0.1) is 22.9 Å². The van der Waals surface area contributed by atoms with Crippen molar-refractivity contribution in [1.29, 1.82) is 0 Å². The Morgan fingerprint density at radius 3 is 2.53 bits per heavy atom. The first-order valence-electron chi connectivity index (χ1n) is 10.8. The number of hydrogen-bond donors (Lipinski definition) is 1. The Morgan fingerprint density at radius 1 is 1.06 bits per heavy atom. The molecular weight excluding hydrogens is 404 g/mol. The number of nitrogens with one attached hydrogen (secondary N) is 1. The third kappa shape index (κ3) is 4.07. The van der Waals surface area contributed by atoms with E-state index < -0.39 is 0 Å². The molecule has 0 aromatic heterocycles. The molecule has 1 saturated heterocycles. The zero-order chi connectivity index (χ0) is 21.9. The lowest BCUT2D eigenvalue weighted by atomic mass is 10.1. The fourth-order valence-electron chi connectivity index (χ4n) is 4.06. The molecule has 0 radical (unpaired) electrons. The van der Waals surface area contributed by atoms with Crippen molar-refractivity contribution >= 4 is 5.91 Å². The quantitative estimate of drug-likeness (QED) is 0.512. The van der Waals surface area contributed by atoms with Crippen LogP contribution in [0.1, 0.15) is 28.8 Å². The van der Waals surface area contributed by atoms with Gasteiger partial charge < -0.3 is 14.6 Å². The Labute approximate surface area is 185 Å². The second-order valence-electron chi connectivity index (χ2n) is 7.99. The summed E-state index contributed by atoms with van der Waals surface area (Å²) < 4.78 is 8.85. The second-order valence-corrected chi connectivity index (χ2v) is 7.99. The van der Waals surface area contributed by atoms with E-state index in [1.807, 2.05) is 65.2 Å². The van der Waals surface area contributed by atoms with E-state index in [-0.39, 0.29) is 17.6 Å². The highest BCUT2D eigenvalue weighted by atomic mass is 16.5. The number of carbonyl (C=O) groups is 1. The number of rotatable bonds is 6. The molecule has 0 aliphatic carbocycles. The fraction of sp³-hybridized carbons (Fsp3) is 0.240. The molecule has 1 amide bonds. The molecule has 2 aromatic carbocycles. The Balaban J connectivity index is 1.55. The molecule has 5 rings (SSSR count). The van der Waals surface area contributed by atoms with Gasteiger partial charge in [-0.1, -0.05) is 48.5 Å². The highest BCUT2D eigenvalue weighted by Crippen LogP contribution is 2.23. The van der Waals surface area contributed by atoms with E-state index in [0.29, 0.717) is 35.6 Å². The van der Waals surface area contributed by atoms with Gasteiger partial charge in [-0.25, -0.2) is 0 Å². The first kappa shape index (κ1) is 20.2. The van der Waals surface area contributed by atoms with Crippen molar-refractivity contribution < 1.29 is 9.53 Å². The average molecular weight is 428 g/mol. The van der Waals surface area contributed by atoms with Gasteiger partial charge in [-0.3, -0.25) is 9.59 Å². The number of para-hydroxylation sites is 1. The topological polar surface area (TPSA) is 78.1 Å². The number of nitrogens with zero attached hydrogens (tertiary/aromatic N) is 3. The maximum absolute atomic E-state index is 13.2. The third-order valence-electron chi connectivity index (χ3n) is 5.69. The second kappa shape index (κ2) is 8.80. The number of benzene rings is 2. The average Bonchev–Trinajstić information content (AvgIpc) is 3.47. The van der Waals surface area contributed by atoms with E-state index in [1.54, 1.807) is 12.4 Å². The number of pyridine rings is 1. The van der Waals surface area contributed by atoms with Gasteiger partial charge in [0.1, 0.15) is 5.69 Å². The smallest absolute Gasteiger partial charge is 0.282 e. The minimum absolute atomic E-state index is 0.0338. The molecule has 1 unspecified atom stereocenters. The number of hydrogen-bond acceptors (Lipinski definition) is 4. The summed E-state index contributed by atoms with van der Waals surface area (Å²) in [7, 11) is 0. The lowest BCUT2D eigenvalue weighted by Crippen LogP contribution is -2.32. The van der Waals surface area contributed by atoms with Gasteiger partial charge in [-0.2, -0.15) is 9.78 Å². The normalized spacial score (nSPS) is 15.8. The molecule has 3 aliphatic heterocycles. The van der Waals surface area contributed by atoms with E-state index in [2.05, 4.69) is 10.4 Å². The largest absolute Gasteiger partial charge is 0.376 e. The van der Waals surface area contributed by atoms with Crippen LogP contribution in [0, 0.1) is 0 Å². The van der Waals surface area contributed by atoms with E-state index in [0.717, 1.165) is 25.0 Å². The molecule has 32 heavy (non-hydrogen) atoms. The monoisotopic (exact) mass is 428 g/mol. The van der Waals surface area contributed by atoms with E-state index in [9.17, 15) is 9.59 Å². The van der Waals surface area contributed by atoms with Gasteiger partial charge in [-0.15, -0.1) is 0 Å². The molecule has 3 aliphatic rings. The third-order valence-corrected chi connectivity index (χ3v) is 5.69. The number of ether oxygens (including phenoxy) is 1. The van der Waals surface area contributed by atoms with Crippen molar-refractivity contribution in [2.24, 2.45) is 0 Å². The van der Waals surface area contributed by atoms with Crippen molar-refractivity contribution in [2.45, 2.75) is 25.5 Å². The summed E-state index contributed by atoms with van der Waals surface area (Å²) in [4.78, 5) is 26.4. The number of amides is 1. The van der Waals surface area contributed by atoms with Gasteiger partial charge in [-0.05, 0) is 30.5 Å². The number of aromatic nitrogens is 3. The Kier molecular flexibility index (Phi) is 5.56. The summed E-state index contributed by atoms with van der Waals surface area (Å²) in [5.74, 6) is -0.259. The molecular formula is C25H24N4O3. The molecule has 7 nitrogen and oxygen atoms in total. The summed E-state index contributed by atoms with van der Waals surface area (Å²) >= 11 is 0. The van der Waals surface area contributed by atoms with Crippen molar-refractivity contribution in [1.82, 2.24) is 19.7 Å². The van der Waals surface area contributed by atoms with Gasteiger partial charge >= 0.3 is 0 Å². The van der Waals surface area contributed by atoms with Gasteiger partial charge in [0.25, 0.3) is 11.5 Å². The first-order valence-corrected chi connectivity index (χ1v) is 10.8. The highest BCUT2D eigenvalue weighted by Gasteiger charge is 2.25. The summed E-state index contributed by atoms with van der Waals surface area (Å²) in [5, 5.41) is 7.49. The van der Waals surface area contributed by atoms with Crippen LogP contribution in [0.4, 0.5) is 0 Å². The predicted octanol–water partition coefficient (Wildman–Crippen LogP) is 3.10. The maximum atomic E-state index is 13.2. The maximum Gasteiger partial charge on any atom is 0.282 e. The first-order chi connectivity index (χ1) is 15.7. The van der Waals surface area contributed by atoms with E-state index in [4.69, 9.17) is 4.74 Å². The Hall–Kier alpha value is -3.71. The molecule has 0 spiro atoms. The van der Waals surface area contributed by atoms with E-state index in [1.165, 1.54) is 4.68 Å². The Bertz CT molecular complexity index is 1240. The molecule has 7 heteroatoms. The molecule has 1 N–H and O–H groups in total. The van der Waals surface area contributed by atoms with Crippen molar-refractivity contribution in [3.8, 4) is 16.9 Å². The van der Waals surface area contributed by atoms with Crippen molar-refractivity contribution in [2.75, 3.05) is 13.2 Å². The summed E-state index contributed by atoms with van der Waals surface area (Å²) in [6, 6.07) is 19.2. The standard InChI is InChI=1S/C25H24N4O3/c30-24(26-14-20-12-7-13-32-20)21-16-28(15-18-8-3-1-4-9-18)17-22-23(21)27-29(25(22)31)19-10-5-2-6-11-19/h1-6,8-11,16-17,20H,7,12-15H2,(H,26,30). The van der Waals surface area contributed by atoms with E-state index >= 15 is 0 Å². The van der Waals surface area contributed by atoms with Crippen LogP contribution in [0.5, 0.6) is 0 Å². The molecule has 0 saturated carbocycles. The van der Waals surface area contributed by atoms with Gasteiger partial charge in [0.2, 0.25) is 0 Å². The fourth-order valence-corrected chi connectivity index (χ4v) is 4.06. The SMILES string of the molecule is O=C(NCC1CCCO1)c1cn(Cc2ccccc2)cc2c(=O)n(-c3ccccc3)nc1-2. The zero-order valence-corrected chi connectivity index (χ0v) is 17.6. The Morgan fingerprint density at radius 2 is 1.81 bits per heavy atom. The van der Waals surface area contributed by atoms with Crippen LogP contribution in [0.25, 0.3) is 16.9 Å². The lowest BCUT2D eigenvalue weighted by Gasteiger charge is -2.14. The van der Waals surface area contributed by atoms with Crippen LogP contribution < -0.4 is 10.9 Å². The summed E-state index contributed by atoms with van der Waals surface area (Å²) in [5.41, 5.74) is 2.67. The number of fused-ring (bicyclic) bond motifs is 1. The molecule has 162 valence electrons. The van der Waals surface area contributed by atoms with Crippen LogP contribution in [0.3, 0.4) is 0 Å². The minimum Gasteiger partial charge on any atom is -0.376 e. The summed E-state index contributed by atoms with van der Waals surface area (Å²) in [6.07, 6.45) is 5.52. The van der Waals surface area contributed by atoms with Gasteiger partial charge in [0.15, 0.2) is 0 Å². The van der Waals surface area contributed by atoms with Crippen molar-refractivity contribution in [3.63, 3.8) is 0 Å². The van der Waals surface area contributed by atoms with Crippen LogP contribution >= 0.6 is 0 Å². The van der Waals surface area contributed by atoms with Crippen molar-refractivity contribution in [3.05, 3.63) is 94.5 Å². The molecule has 2 aromatic rings. The van der Waals surface area contributed by atoms with Gasteiger partial charge in [0, 0.05) is 32.1 Å². The minimum atomic E-state index is -0.259. The molecule has 0 bridgehead atoms. The van der Waals surface area contributed by atoms with Crippen LogP contribution in [-0.4, -0.2) is 39.5 Å². The molecule has 1 fully saturated rings. The lowest BCUT2D eigenvalue weighted by molar-refractivity contribution is 0.0857. The predicted molar refractivity (Wildman–Crippen MR) is 121 cm³/mol. The van der Waals surface area contributed by atoms with Crippen LogP contribution in [0.2, 0.25) is 0 Å². The summed E-state index contributed by atoms with van der Waals surface area (Å²) in [6.45, 7) is 1.71.